The Bertz CT molecular complexity index is 329. The van der Waals surface area contributed by atoms with Gasteiger partial charge in [0.15, 0.2) is 17.6 Å². The molecule has 2 rings (SSSR count). The molecule has 1 aliphatic heterocycles. The zero-order chi connectivity index (χ0) is 10.7. The maximum atomic E-state index is 9.71. The number of aliphatic hydroxyl groups excluding tert-OH is 1. The molecular weight excluding hydrogens is 194 g/mol. The molecule has 0 aliphatic carbocycles. The number of fused-ring (bicyclic) bond motifs is 1. The van der Waals surface area contributed by atoms with Crippen molar-refractivity contribution in [1.29, 1.82) is 0 Å². The van der Waals surface area contributed by atoms with E-state index in [0.717, 1.165) is 5.75 Å². The van der Waals surface area contributed by atoms with Gasteiger partial charge in [-0.3, -0.25) is 0 Å². The Hall–Kier alpha value is -1.26. The van der Waals surface area contributed by atoms with Crippen molar-refractivity contribution in [2.24, 2.45) is 5.73 Å². The second-order valence-electron chi connectivity index (χ2n) is 3.56. The molecule has 82 valence electrons. The molecule has 4 heteroatoms. The van der Waals surface area contributed by atoms with Gasteiger partial charge in [-0.2, -0.15) is 0 Å². The maximum absolute atomic E-state index is 9.71. The fourth-order valence-electron chi connectivity index (χ4n) is 1.58. The summed E-state index contributed by atoms with van der Waals surface area (Å²) < 4.78 is 11.1. The number of para-hydroxylation sites is 2. The summed E-state index contributed by atoms with van der Waals surface area (Å²) in [7, 11) is 0. The van der Waals surface area contributed by atoms with Crippen molar-refractivity contribution in [3.05, 3.63) is 24.3 Å². The van der Waals surface area contributed by atoms with Crippen molar-refractivity contribution in [3.63, 3.8) is 0 Å². The lowest BCUT2D eigenvalue weighted by molar-refractivity contribution is -0.0123. The number of nitrogens with two attached hydrogens (primary N) is 1. The lowest BCUT2D eigenvalue weighted by atomic mass is 10.1. The van der Waals surface area contributed by atoms with Crippen LogP contribution >= 0.6 is 0 Å². The third-order valence-corrected chi connectivity index (χ3v) is 2.42. The van der Waals surface area contributed by atoms with Crippen LogP contribution in [0.4, 0.5) is 0 Å². The molecule has 1 aromatic carbocycles. The topological polar surface area (TPSA) is 64.7 Å². The monoisotopic (exact) mass is 209 g/mol. The molecule has 0 radical (unpaired) electrons. The molecule has 1 aromatic rings. The summed E-state index contributed by atoms with van der Waals surface area (Å²) in [5.41, 5.74) is 5.37. The van der Waals surface area contributed by atoms with Crippen LogP contribution in [0.5, 0.6) is 11.5 Å². The van der Waals surface area contributed by atoms with Gasteiger partial charge >= 0.3 is 0 Å². The first-order valence-electron chi connectivity index (χ1n) is 5.08. The Labute approximate surface area is 88.6 Å². The first kappa shape index (κ1) is 10.3. The van der Waals surface area contributed by atoms with Crippen LogP contribution in [-0.4, -0.2) is 30.5 Å². The minimum absolute atomic E-state index is 0.316. The zero-order valence-electron chi connectivity index (χ0n) is 8.43. The molecule has 1 unspecified atom stereocenters. The fourth-order valence-corrected chi connectivity index (χ4v) is 1.58. The summed E-state index contributed by atoms with van der Waals surface area (Å²) in [6.07, 6.45) is -0.359. The third-order valence-electron chi connectivity index (χ3n) is 2.42. The van der Waals surface area contributed by atoms with Crippen molar-refractivity contribution in [2.75, 3.05) is 13.2 Å². The van der Waals surface area contributed by atoms with Gasteiger partial charge in [-0.25, -0.2) is 0 Å². The Morgan fingerprint density at radius 1 is 1.40 bits per heavy atom. The highest BCUT2D eigenvalue weighted by Crippen LogP contribution is 2.31. The smallest absolute Gasteiger partial charge is 0.161 e. The molecule has 0 fully saturated rings. The second kappa shape index (κ2) is 4.51. The Balaban J connectivity index is 2.05. The minimum Gasteiger partial charge on any atom is -0.486 e. The highest BCUT2D eigenvalue weighted by molar-refractivity contribution is 5.40. The van der Waals surface area contributed by atoms with Gasteiger partial charge in [-0.1, -0.05) is 12.1 Å². The molecule has 4 nitrogen and oxygen atoms in total. The Morgan fingerprint density at radius 2 is 2.13 bits per heavy atom. The SMILES string of the molecule is NCC[C@H](O)C1COc2ccccc2O1. The van der Waals surface area contributed by atoms with Gasteiger partial charge in [-0.05, 0) is 25.1 Å². The van der Waals surface area contributed by atoms with Crippen molar-refractivity contribution >= 4 is 0 Å². The van der Waals surface area contributed by atoms with Gasteiger partial charge < -0.3 is 20.3 Å². The lowest BCUT2D eigenvalue weighted by Gasteiger charge is -2.29. The molecule has 1 heterocycles. The average molecular weight is 209 g/mol. The molecular formula is C11H15NO3. The lowest BCUT2D eigenvalue weighted by Crippen LogP contribution is -2.40. The first-order chi connectivity index (χ1) is 7.31. The summed E-state index contributed by atoms with van der Waals surface area (Å²) in [5.74, 6) is 1.42. The van der Waals surface area contributed by atoms with Crippen LogP contribution in [0.25, 0.3) is 0 Å². The van der Waals surface area contributed by atoms with Crippen LogP contribution in [0.2, 0.25) is 0 Å². The highest BCUT2D eigenvalue weighted by Gasteiger charge is 2.26. The number of hydrogen-bond donors (Lipinski definition) is 2. The van der Waals surface area contributed by atoms with Crippen LogP contribution in [0.1, 0.15) is 6.42 Å². The first-order valence-corrected chi connectivity index (χ1v) is 5.08. The summed E-state index contributed by atoms with van der Waals surface area (Å²) >= 11 is 0. The normalized spacial score (nSPS) is 21.1. The molecule has 15 heavy (non-hydrogen) atoms. The number of benzene rings is 1. The summed E-state index contributed by atoms with van der Waals surface area (Å²) in [6, 6.07) is 7.44. The van der Waals surface area contributed by atoms with Crippen LogP contribution in [0, 0.1) is 0 Å². The van der Waals surface area contributed by atoms with Crippen LogP contribution < -0.4 is 15.2 Å². The molecule has 1 aliphatic rings. The molecule has 3 N–H and O–H groups in total. The van der Waals surface area contributed by atoms with Crippen LogP contribution in [0.15, 0.2) is 24.3 Å². The molecule has 0 saturated carbocycles. The third kappa shape index (κ3) is 2.22. The molecule has 0 amide bonds. The maximum Gasteiger partial charge on any atom is 0.161 e. The van der Waals surface area contributed by atoms with Gasteiger partial charge in [-0.15, -0.1) is 0 Å². The quantitative estimate of drug-likeness (QED) is 0.762. The standard InChI is InChI=1S/C11H15NO3/c12-6-5-8(13)11-7-14-9-3-1-2-4-10(9)15-11/h1-4,8,11,13H,5-7,12H2/t8-,11?/m0/s1. The van der Waals surface area contributed by atoms with E-state index in [-0.39, 0.29) is 6.10 Å². The summed E-state index contributed by atoms with van der Waals surface area (Å²) in [4.78, 5) is 0. The predicted octanol–water partition coefficient (Wildman–Crippen LogP) is 0.536. The van der Waals surface area contributed by atoms with Gasteiger partial charge in [0.1, 0.15) is 6.61 Å². The Kier molecular flexibility index (Phi) is 3.08. The van der Waals surface area contributed by atoms with Crippen LogP contribution in [0.3, 0.4) is 0 Å². The minimum atomic E-state index is -0.566. The predicted molar refractivity (Wildman–Crippen MR) is 56.0 cm³/mol. The largest absolute Gasteiger partial charge is 0.486 e. The Morgan fingerprint density at radius 3 is 2.87 bits per heavy atom. The molecule has 0 saturated heterocycles. The van der Waals surface area contributed by atoms with Crippen molar-refractivity contribution < 1.29 is 14.6 Å². The van der Waals surface area contributed by atoms with E-state index in [1.54, 1.807) is 0 Å². The average Bonchev–Trinajstić information content (AvgIpc) is 2.29. The van der Waals surface area contributed by atoms with E-state index < -0.39 is 6.10 Å². The molecule has 2 atom stereocenters. The van der Waals surface area contributed by atoms with E-state index >= 15 is 0 Å². The van der Waals surface area contributed by atoms with Crippen LogP contribution in [-0.2, 0) is 0 Å². The number of ether oxygens (including phenoxy) is 2. The number of hydrogen-bond acceptors (Lipinski definition) is 4. The van der Waals surface area contributed by atoms with E-state index in [1.807, 2.05) is 24.3 Å². The zero-order valence-corrected chi connectivity index (χ0v) is 8.43. The second-order valence-corrected chi connectivity index (χ2v) is 3.56. The van der Waals surface area contributed by atoms with Gasteiger partial charge in [0.25, 0.3) is 0 Å². The highest BCUT2D eigenvalue weighted by atomic mass is 16.6. The summed E-state index contributed by atoms with van der Waals surface area (Å²) in [5, 5.41) is 9.71. The van der Waals surface area contributed by atoms with E-state index in [2.05, 4.69) is 0 Å². The van der Waals surface area contributed by atoms with Crippen molar-refractivity contribution in [2.45, 2.75) is 18.6 Å². The molecule has 0 bridgehead atoms. The molecule has 0 spiro atoms. The number of rotatable bonds is 3. The van der Waals surface area contributed by atoms with E-state index in [4.69, 9.17) is 15.2 Å². The van der Waals surface area contributed by atoms with Gasteiger partial charge in [0.05, 0.1) is 6.10 Å². The summed E-state index contributed by atoms with van der Waals surface area (Å²) in [6.45, 7) is 0.820. The van der Waals surface area contributed by atoms with Gasteiger partial charge in [0.2, 0.25) is 0 Å². The van der Waals surface area contributed by atoms with Gasteiger partial charge in [0, 0.05) is 0 Å². The molecule has 0 aromatic heterocycles. The van der Waals surface area contributed by atoms with E-state index in [0.29, 0.717) is 25.3 Å². The number of aliphatic hydroxyl groups is 1. The van der Waals surface area contributed by atoms with E-state index in [1.165, 1.54) is 0 Å². The van der Waals surface area contributed by atoms with E-state index in [9.17, 15) is 5.11 Å². The van der Waals surface area contributed by atoms with Crippen molar-refractivity contribution in [1.82, 2.24) is 0 Å². The van der Waals surface area contributed by atoms with Crippen molar-refractivity contribution in [3.8, 4) is 11.5 Å². The fraction of sp³-hybridized carbons (Fsp3) is 0.455.